The Hall–Kier alpha value is -0.530. The van der Waals surface area contributed by atoms with E-state index in [-0.39, 0.29) is 5.41 Å². The number of halogens is 1. The van der Waals surface area contributed by atoms with Crippen molar-refractivity contribution in [2.75, 3.05) is 12.5 Å². The van der Waals surface area contributed by atoms with Crippen LogP contribution in [-0.4, -0.2) is 12.5 Å². The van der Waals surface area contributed by atoms with E-state index in [1.54, 1.807) is 0 Å². The molecule has 1 aromatic rings. The molecule has 1 nitrogen and oxygen atoms in total. The van der Waals surface area contributed by atoms with Crippen molar-refractivity contribution >= 4 is 11.6 Å². The van der Waals surface area contributed by atoms with Gasteiger partial charge in [-0.3, -0.25) is 0 Å². The first-order valence-corrected chi connectivity index (χ1v) is 6.27. The maximum absolute atomic E-state index is 5.68. The molecular formula is C14H22ClN. The van der Waals surface area contributed by atoms with Crippen LogP contribution in [0.3, 0.4) is 0 Å². The summed E-state index contributed by atoms with van der Waals surface area (Å²) in [6.07, 6.45) is 0. The van der Waals surface area contributed by atoms with Crippen molar-refractivity contribution in [3.63, 3.8) is 0 Å². The highest BCUT2D eigenvalue weighted by atomic mass is 35.5. The van der Waals surface area contributed by atoms with Crippen LogP contribution in [-0.2, 0) is 5.41 Å². The molecule has 0 saturated heterocycles. The van der Waals surface area contributed by atoms with Crippen LogP contribution in [0.2, 0.25) is 0 Å². The molecule has 0 fully saturated rings. The molecule has 16 heavy (non-hydrogen) atoms. The standard InChI is InChI=1S/C14H22ClN/c1-10-6-12(3)13(7-11(10)2)14(4,5)8-16-9-15/h6-7,16H,8-9H2,1-5H3. The topological polar surface area (TPSA) is 12.0 Å². The molecule has 0 spiro atoms. The van der Waals surface area contributed by atoms with Gasteiger partial charge in [-0.15, -0.1) is 11.6 Å². The number of aryl methyl sites for hydroxylation is 3. The van der Waals surface area contributed by atoms with Crippen LogP contribution in [0, 0.1) is 20.8 Å². The average Bonchev–Trinajstić information content (AvgIpc) is 2.20. The van der Waals surface area contributed by atoms with Crippen molar-refractivity contribution < 1.29 is 0 Å². The Morgan fingerprint density at radius 2 is 1.62 bits per heavy atom. The molecule has 1 aromatic carbocycles. The number of alkyl halides is 1. The van der Waals surface area contributed by atoms with Crippen molar-refractivity contribution in [1.82, 2.24) is 5.32 Å². The van der Waals surface area contributed by atoms with Crippen molar-refractivity contribution in [1.29, 1.82) is 0 Å². The molecule has 1 rings (SSSR count). The van der Waals surface area contributed by atoms with E-state index in [0.29, 0.717) is 6.00 Å². The Morgan fingerprint density at radius 1 is 1.06 bits per heavy atom. The lowest BCUT2D eigenvalue weighted by molar-refractivity contribution is 0.486. The van der Waals surface area contributed by atoms with Crippen molar-refractivity contribution in [3.8, 4) is 0 Å². The fourth-order valence-electron chi connectivity index (χ4n) is 2.14. The lowest BCUT2D eigenvalue weighted by atomic mass is 9.80. The second-order valence-electron chi connectivity index (χ2n) is 5.20. The predicted molar refractivity (Wildman–Crippen MR) is 72.4 cm³/mol. The van der Waals surface area contributed by atoms with E-state index >= 15 is 0 Å². The lowest BCUT2D eigenvalue weighted by Gasteiger charge is -2.28. The Labute approximate surface area is 104 Å². The molecule has 0 saturated carbocycles. The lowest BCUT2D eigenvalue weighted by Crippen LogP contribution is -2.33. The summed E-state index contributed by atoms with van der Waals surface area (Å²) < 4.78 is 0. The fraction of sp³-hybridized carbons (Fsp3) is 0.571. The van der Waals surface area contributed by atoms with Gasteiger partial charge in [0.15, 0.2) is 0 Å². The first-order valence-electron chi connectivity index (χ1n) is 5.73. The van der Waals surface area contributed by atoms with Gasteiger partial charge in [-0.1, -0.05) is 26.0 Å². The summed E-state index contributed by atoms with van der Waals surface area (Å²) in [5, 5.41) is 3.21. The summed E-state index contributed by atoms with van der Waals surface area (Å²) in [6.45, 7) is 11.9. The summed E-state index contributed by atoms with van der Waals surface area (Å²) >= 11 is 5.68. The smallest absolute Gasteiger partial charge is 0.0713 e. The zero-order chi connectivity index (χ0) is 12.3. The van der Waals surface area contributed by atoms with Gasteiger partial charge >= 0.3 is 0 Å². The van der Waals surface area contributed by atoms with Crippen molar-refractivity contribution in [2.45, 2.75) is 40.0 Å². The molecule has 0 heterocycles. The third-order valence-electron chi connectivity index (χ3n) is 3.23. The van der Waals surface area contributed by atoms with Crippen LogP contribution in [0.25, 0.3) is 0 Å². The van der Waals surface area contributed by atoms with Crippen LogP contribution in [0.5, 0.6) is 0 Å². The van der Waals surface area contributed by atoms with E-state index in [1.807, 2.05) is 0 Å². The van der Waals surface area contributed by atoms with Crippen LogP contribution in [0.1, 0.15) is 36.1 Å². The van der Waals surface area contributed by atoms with Gasteiger partial charge < -0.3 is 5.32 Å². The van der Waals surface area contributed by atoms with Gasteiger partial charge in [0.2, 0.25) is 0 Å². The Bertz CT molecular complexity index is 369. The predicted octanol–water partition coefficient (Wildman–Crippen LogP) is 3.68. The molecule has 0 amide bonds. The second kappa shape index (κ2) is 5.20. The van der Waals surface area contributed by atoms with E-state index in [9.17, 15) is 0 Å². The van der Waals surface area contributed by atoms with E-state index in [4.69, 9.17) is 11.6 Å². The molecule has 0 aliphatic heterocycles. The summed E-state index contributed by atoms with van der Waals surface area (Å²) in [5.41, 5.74) is 5.62. The molecule has 2 heteroatoms. The zero-order valence-corrected chi connectivity index (χ0v) is 11.7. The van der Waals surface area contributed by atoms with Gasteiger partial charge in [-0.25, -0.2) is 0 Å². The number of rotatable bonds is 4. The van der Waals surface area contributed by atoms with Gasteiger partial charge in [-0.2, -0.15) is 0 Å². The molecule has 0 bridgehead atoms. The fourth-order valence-corrected chi connectivity index (χ4v) is 2.24. The molecule has 0 aliphatic rings. The summed E-state index contributed by atoms with van der Waals surface area (Å²) in [7, 11) is 0. The van der Waals surface area contributed by atoms with Crippen LogP contribution < -0.4 is 5.32 Å². The van der Waals surface area contributed by atoms with Crippen molar-refractivity contribution in [2.24, 2.45) is 0 Å². The minimum absolute atomic E-state index is 0.122. The molecule has 1 N–H and O–H groups in total. The van der Waals surface area contributed by atoms with Gasteiger partial charge in [0.25, 0.3) is 0 Å². The molecule has 90 valence electrons. The number of benzene rings is 1. The Morgan fingerprint density at radius 3 is 2.19 bits per heavy atom. The molecular weight excluding hydrogens is 218 g/mol. The Kier molecular flexibility index (Phi) is 4.40. The van der Waals surface area contributed by atoms with Gasteiger partial charge in [0, 0.05) is 12.0 Å². The largest absolute Gasteiger partial charge is 0.303 e. The van der Waals surface area contributed by atoms with Gasteiger partial charge in [0.05, 0.1) is 6.00 Å². The van der Waals surface area contributed by atoms with Crippen LogP contribution >= 0.6 is 11.6 Å². The highest BCUT2D eigenvalue weighted by Crippen LogP contribution is 2.28. The second-order valence-corrected chi connectivity index (χ2v) is 5.46. The van der Waals surface area contributed by atoms with Crippen LogP contribution in [0.4, 0.5) is 0 Å². The van der Waals surface area contributed by atoms with Gasteiger partial charge in [-0.05, 0) is 43.0 Å². The summed E-state index contributed by atoms with van der Waals surface area (Å²) in [4.78, 5) is 0. The van der Waals surface area contributed by atoms with E-state index in [0.717, 1.165) is 6.54 Å². The third kappa shape index (κ3) is 2.99. The maximum atomic E-state index is 5.68. The summed E-state index contributed by atoms with van der Waals surface area (Å²) in [5.74, 6) is 0. The first kappa shape index (κ1) is 13.5. The zero-order valence-electron chi connectivity index (χ0n) is 10.9. The quantitative estimate of drug-likeness (QED) is 0.625. The molecule has 0 radical (unpaired) electrons. The van der Waals surface area contributed by atoms with Crippen LogP contribution in [0.15, 0.2) is 12.1 Å². The monoisotopic (exact) mass is 239 g/mol. The third-order valence-corrected chi connectivity index (χ3v) is 3.42. The molecule has 0 atom stereocenters. The number of nitrogens with one attached hydrogen (secondary N) is 1. The van der Waals surface area contributed by atoms with Crippen molar-refractivity contribution in [3.05, 3.63) is 34.4 Å². The average molecular weight is 240 g/mol. The maximum Gasteiger partial charge on any atom is 0.0713 e. The van der Waals surface area contributed by atoms with Gasteiger partial charge in [0.1, 0.15) is 0 Å². The minimum Gasteiger partial charge on any atom is -0.303 e. The first-order chi connectivity index (χ1) is 7.38. The number of hydrogen-bond acceptors (Lipinski definition) is 1. The normalized spacial score (nSPS) is 11.9. The number of hydrogen-bond donors (Lipinski definition) is 1. The summed E-state index contributed by atoms with van der Waals surface area (Å²) in [6, 6.07) is 5.08. The van der Waals surface area contributed by atoms with E-state index in [1.165, 1.54) is 22.3 Å². The van der Waals surface area contributed by atoms with E-state index in [2.05, 4.69) is 52.1 Å². The Balaban J connectivity index is 3.07. The molecule has 0 aromatic heterocycles. The minimum atomic E-state index is 0.122. The SMILES string of the molecule is Cc1cc(C)c(C(C)(C)CNCCl)cc1C. The highest BCUT2D eigenvalue weighted by Gasteiger charge is 2.22. The highest BCUT2D eigenvalue weighted by molar-refractivity contribution is 6.17. The van der Waals surface area contributed by atoms with E-state index < -0.39 is 0 Å². The molecule has 0 aliphatic carbocycles. The molecule has 0 unspecified atom stereocenters.